The van der Waals surface area contributed by atoms with E-state index in [1.807, 2.05) is 53.9 Å². The van der Waals surface area contributed by atoms with Crippen LogP contribution < -0.4 is 19.5 Å². The van der Waals surface area contributed by atoms with Gasteiger partial charge in [-0.15, -0.1) is 23.5 Å². The van der Waals surface area contributed by atoms with E-state index in [0.29, 0.717) is 34.2 Å². The van der Waals surface area contributed by atoms with Gasteiger partial charge in [0.1, 0.15) is 11.6 Å². The first-order valence-electron chi connectivity index (χ1n) is 10.7. The van der Waals surface area contributed by atoms with E-state index in [-0.39, 0.29) is 12.5 Å². The summed E-state index contributed by atoms with van der Waals surface area (Å²) in [4.78, 5) is 12.5. The Hall–Kier alpha value is -2.78. The van der Waals surface area contributed by atoms with Gasteiger partial charge in [-0.05, 0) is 41.7 Å². The number of hydrogen-bond donors (Lipinski definition) is 1. The summed E-state index contributed by atoms with van der Waals surface area (Å²) < 4.78 is 18.7. The van der Waals surface area contributed by atoms with Crippen LogP contribution in [0.1, 0.15) is 22.1 Å². The number of thioether (sulfide) groups is 2. The Morgan fingerprint density at radius 3 is 2.61 bits per heavy atom. The number of nitrogens with one attached hydrogen (secondary N) is 1. The third kappa shape index (κ3) is 5.97. The van der Waals surface area contributed by atoms with E-state index in [1.165, 1.54) is 23.5 Å². The number of carbonyl (C=O) groups excluding carboxylic acids is 1. The Labute approximate surface area is 202 Å². The molecule has 1 saturated heterocycles. The number of ether oxygens (including phenoxy) is 3. The maximum absolute atomic E-state index is 12.5. The fourth-order valence-corrected chi connectivity index (χ4v) is 6.43. The first-order valence-corrected chi connectivity index (χ1v) is 12.7. The quantitative estimate of drug-likeness (QED) is 0.465. The SMILES string of the molecule is COc1cccc(Cn2nccc2NC(=O)COc2ccc(C3SCCCS3)cc2)c1OC. The van der Waals surface area contributed by atoms with Gasteiger partial charge in [0, 0.05) is 11.6 Å². The summed E-state index contributed by atoms with van der Waals surface area (Å²) in [6.45, 7) is 0.336. The molecule has 174 valence electrons. The highest BCUT2D eigenvalue weighted by molar-refractivity contribution is 8.16. The van der Waals surface area contributed by atoms with Crippen LogP contribution in [-0.4, -0.2) is 48.0 Å². The number of hydrogen-bond acceptors (Lipinski definition) is 7. The first-order chi connectivity index (χ1) is 16.2. The van der Waals surface area contributed by atoms with Crippen molar-refractivity contribution in [1.29, 1.82) is 0 Å². The van der Waals surface area contributed by atoms with Crippen molar-refractivity contribution in [3.05, 3.63) is 65.9 Å². The van der Waals surface area contributed by atoms with Gasteiger partial charge < -0.3 is 19.5 Å². The summed E-state index contributed by atoms with van der Waals surface area (Å²) in [5.41, 5.74) is 2.18. The summed E-state index contributed by atoms with van der Waals surface area (Å²) in [6.07, 6.45) is 2.91. The number of aromatic nitrogens is 2. The van der Waals surface area contributed by atoms with Gasteiger partial charge in [-0.3, -0.25) is 4.79 Å². The second-order valence-corrected chi connectivity index (χ2v) is 10.1. The van der Waals surface area contributed by atoms with Crippen LogP contribution in [0.4, 0.5) is 5.82 Å². The first kappa shape index (κ1) is 23.4. The highest BCUT2D eigenvalue weighted by Crippen LogP contribution is 2.43. The molecular formula is C24H27N3O4S2. The zero-order valence-corrected chi connectivity index (χ0v) is 20.3. The van der Waals surface area contributed by atoms with Crippen LogP contribution in [-0.2, 0) is 11.3 Å². The lowest BCUT2D eigenvalue weighted by atomic mass is 10.2. The van der Waals surface area contributed by atoms with Crippen LogP contribution in [0.15, 0.2) is 54.7 Å². The number of methoxy groups -OCH3 is 2. The van der Waals surface area contributed by atoms with Gasteiger partial charge in [0.05, 0.1) is 31.5 Å². The van der Waals surface area contributed by atoms with E-state index in [2.05, 4.69) is 22.5 Å². The number of anilines is 1. The predicted octanol–water partition coefficient (Wildman–Crippen LogP) is 4.83. The van der Waals surface area contributed by atoms with Crippen LogP contribution in [0.25, 0.3) is 0 Å². The predicted molar refractivity (Wildman–Crippen MR) is 134 cm³/mol. The molecule has 1 aliphatic heterocycles. The zero-order valence-electron chi connectivity index (χ0n) is 18.7. The van der Waals surface area contributed by atoms with E-state index in [0.717, 1.165) is 5.56 Å². The van der Waals surface area contributed by atoms with Crippen LogP contribution in [0, 0.1) is 0 Å². The fraction of sp³-hybridized carbons (Fsp3) is 0.333. The molecule has 4 rings (SSSR count). The van der Waals surface area contributed by atoms with Crippen LogP contribution in [0.2, 0.25) is 0 Å². The monoisotopic (exact) mass is 485 g/mol. The molecule has 1 aromatic heterocycles. The van der Waals surface area contributed by atoms with Crippen LogP contribution >= 0.6 is 23.5 Å². The number of nitrogens with zero attached hydrogens (tertiary/aromatic N) is 2. The highest BCUT2D eigenvalue weighted by atomic mass is 32.2. The topological polar surface area (TPSA) is 74.6 Å². The Bertz CT molecular complexity index is 1070. The molecule has 7 nitrogen and oxygen atoms in total. The fourth-order valence-electron chi connectivity index (χ4n) is 3.53. The highest BCUT2D eigenvalue weighted by Gasteiger charge is 2.17. The number of para-hydroxylation sites is 1. The molecular weight excluding hydrogens is 458 g/mol. The van der Waals surface area contributed by atoms with E-state index < -0.39 is 0 Å². The van der Waals surface area contributed by atoms with Gasteiger partial charge in [0.2, 0.25) is 0 Å². The molecule has 1 amide bonds. The molecule has 33 heavy (non-hydrogen) atoms. The molecule has 0 unspecified atom stereocenters. The molecule has 0 radical (unpaired) electrons. The van der Waals surface area contributed by atoms with Crippen molar-refractivity contribution in [2.45, 2.75) is 17.5 Å². The zero-order chi connectivity index (χ0) is 23.0. The molecule has 0 atom stereocenters. The molecule has 2 aromatic carbocycles. The molecule has 3 aromatic rings. The average Bonchev–Trinajstić information content (AvgIpc) is 3.29. The Morgan fingerprint density at radius 2 is 1.88 bits per heavy atom. The van der Waals surface area contributed by atoms with Crippen molar-refractivity contribution in [2.75, 3.05) is 37.6 Å². The van der Waals surface area contributed by atoms with Crippen molar-refractivity contribution in [1.82, 2.24) is 9.78 Å². The van der Waals surface area contributed by atoms with E-state index in [9.17, 15) is 4.79 Å². The second-order valence-electron chi connectivity index (χ2n) is 7.36. The lowest BCUT2D eigenvalue weighted by Gasteiger charge is -2.21. The Balaban J connectivity index is 1.33. The molecule has 0 aliphatic carbocycles. The molecule has 1 N–H and O–H groups in total. The largest absolute Gasteiger partial charge is 0.493 e. The molecule has 1 aliphatic rings. The molecule has 9 heteroatoms. The van der Waals surface area contributed by atoms with E-state index in [4.69, 9.17) is 14.2 Å². The van der Waals surface area contributed by atoms with Crippen molar-refractivity contribution >= 4 is 35.2 Å². The molecule has 0 bridgehead atoms. The third-order valence-corrected chi connectivity index (χ3v) is 8.15. The van der Waals surface area contributed by atoms with Crippen molar-refractivity contribution in [3.8, 4) is 17.2 Å². The Kier molecular flexibility index (Phi) is 8.06. The van der Waals surface area contributed by atoms with Gasteiger partial charge in [-0.25, -0.2) is 4.68 Å². The Morgan fingerprint density at radius 1 is 1.09 bits per heavy atom. The molecule has 0 saturated carbocycles. The lowest BCUT2D eigenvalue weighted by Crippen LogP contribution is -2.22. The molecule has 0 spiro atoms. The minimum absolute atomic E-state index is 0.0834. The second kappa shape index (κ2) is 11.4. The van der Waals surface area contributed by atoms with E-state index >= 15 is 0 Å². The summed E-state index contributed by atoms with van der Waals surface area (Å²) in [6, 6.07) is 15.4. The smallest absolute Gasteiger partial charge is 0.263 e. The normalized spacial score (nSPS) is 14.0. The molecule has 1 fully saturated rings. The van der Waals surface area contributed by atoms with Crippen LogP contribution in [0.5, 0.6) is 17.2 Å². The summed E-state index contributed by atoms with van der Waals surface area (Å²) in [5.74, 6) is 4.70. The summed E-state index contributed by atoms with van der Waals surface area (Å²) in [7, 11) is 3.20. The van der Waals surface area contributed by atoms with Gasteiger partial charge in [-0.1, -0.05) is 24.3 Å². The van der Waals surface area contributed by atoms with Gasteiger partial charge >= 0.3 is 0 Å². The number of benzene rings is 2. The minimum Gasteiger partial charge on any atom is -0.493 e. The summed E-state index contributed by atoms with van der Waals surface area (Å²) >= 11 is 3.97. The van der Waals surface area contributed by atoms with Gasteiger partial charge in [0.25, 0.3) is 5.91 Å². The van der Waals surface area contributed by atoms with Gasteiger partial charge in [0.15, 0.2) is 18.1 Å². The van der Waals surface area contributed by atoms with Crippen LogP contribution in [0.3, 0.4) is 0 Å². The van der Waals surface area contributed by atoms with Gasteiger partial charge in [-0.2, -0.15) is 5.10 Å². The number of carbonyl (C=O) groups is 1. The number of amides is 1. The van der Waals surface area contributed by atoms with Crippen molar-refractivity contribution < 1.29 is 19.0 Å². The van der Waals surface area contributed by atoms with Crippen molar-refractivity contribution in [3.63, 3.8) is 0 Å². The number of rotatable bonds is 9. The third-order valence-electron chi connectivity index (χ3n) is 5.14. The van der Waals surface area contributed by atoms with E-state index in [1.54, 1.807) is 31.2 Å². The maximum Gasteiger partial charge on any atom is 0.263 e. The molecule has 2 heterocycles. The standard InChI is InChI=1S/C24H27N3O4S2/c1-29-20-6-3-5-18(23(20)30-2)15-27-21(11-12-25-27)26-22(28)16-31-19-9-7-17(8-10-19)24-32-13-4-14-33-24/h3,5-12,24H,4,13-16H2,1-2H3,(H,26,28). The minimum atomic E-state index is -0.253. The maximum atomic E-state index is 12.5. The summed E-state index contributed by atoms with van der Waals surface area (Å²) in [5, 5.41) is 7.20. The average molecular weight is 486 g/mol. The van der Waals surface area contributed by atoms with Crippen molar-refractivity contribution in [2.24, 2.45) is 0 Å². The lowest BCUT2D eigenvalue weighted by molar-refractivity contribution is -0.118.